The SMILES string of the molecule is NC[C@H]1CCC[C@H]1C(=O)NC1CCN(Cc2ccccc2)C1. The number of rotatable bonds is 5. The number of hydrogen-bond acceptors (Lipinski definition) is 3. The zero-order chi connectivity index (χ0) is 15.4. The van der Waals surface area contributed by atoms with E-state index in [2.05, 4.69) is 34.5 Å². The number of nitrogens with two attached hydrogens (primary N) is 1. The summed E-state index contributed by atoms with van der Waals surface area (Å²) in [5.74, 6) is 0.773. The van der Waals surface area contributed by atoms with Crippen LogP contribution in [0.5, 0.6) is 0 Å². The molecule has 4 nitrogen and oxygen atoms in total. The summed E-state index contributed by atoms with van der Waals surface area (Å²) in [6.45, 7) is 3.64. The van der Waals surface area contributed by atoms with E-state index >= 15 is 0 Å². The molecule has 2 fully saturated rings. The van der Waals surface area contributed by atoms with E-state index in [1.807, 2.05) is 6.07 Å². The standard InChI is InChI=1S/C18H27N3O/c19-11-15-7-4-8-17(15)18(22)20-16-9-10-21(13-16)12-14-5-2-1-3-6-14/h1-3,5-6,15-17H,4,7-13,19H2,(H,20,22)/t15-,16?,17-/m1/s1. The molecule has 1 saturated heterocycles. The molecule has 3 rings (SSSR count). The Kier molecular flexibility index (Phi) is 5.11. The van der Waals surface area contributed by atoms with E-state index in [0.29, 0.717) is 18.5 Å². The van der Waals surface area contributed by atoms with Crippen molar-refractivity contribution in [2.75, 3.05) is 19.6 Å². The van der Waals surface area contributed by atoms with Gasteiger partial charge in [0.2, 0.25) is 5.91 Å². The maximum atomic E-state index is 12.5. The number of carbonyl (C=O) groups is 1. The first kappa shape index (κ1) is 15.5. The third-order valence-electron chi connectivity index (χ3n) is 5.17. The molecule has 120 valence electrons. The normalized spacial score (nSPS) is 28.9. The molecule has 22 heavy (non-hydrogen) atoms. The molecule has 1 aromatic carbocycles. The average Bonchev–Trinajstić information content (AvgIpc) is 3.17. The van der Waals surface area contributed by atoms with E-state index in [9.17, 15) is 4.79 Å². The van der Waals surface area contributed by atoms with Crippen LogP contribution in [-0.4, -0.2) is 36.5 Å². The van der Waals surface area contributed by atoms with Crippen LogP contribution < -0.4 is 11.1 Å². The summed E-state index contributed by atoms with van der Waals surface area (Å²) >= 11 is 0. The Morgan fingerprint density at radius 1 is 1.23 bits per heavy atom. The lowest BCUT2D eigenvalue weighted by molar-refractivity contribution is -0.126. The molecule has 1 aliphatic heterocycles. The van der Waals surface area contributed by atoms with Gasteiger partial charge in [0.1, 0.15) is 0 Å². The smallest absolute Gasteiger partial charge is 0.223 e. The highest BCUT2D eigenvalue weighted by Gasteiger charge is 2.34. The summed E-state index contributed by atoms with van der Waals surface area (Å²) in [4.78, 5) is 14.9. The van der Waals surface area contributed by atoms with Gasteiger partial charge in [-0.05, 0) is 37.3 Å². The lowest BCUT2D eigenvalue weighted by atomic mass is 9.95. The van der Waals surface area contributed by atoms with E-state index in [-0.39, 0.29) is 11.8 Å². The van der Waals surface area contributed by atoms with E-state index in [0.717, 1.165) is 45.3 Å². The van der Waals surface area contributed by atoms with Crippen molar-refractivity contribution in [2.24, 2.45) is 17.6 Å². The van der Waals surface area contributed by atoms with Gasteiger partial charge in [-0.25, -0.2) is 0 Å². The molecule has 0 spiro atoms. The van der Waals surface area contributed by atoms with Crippen LogP contribution in [0.2, 0.25) is 0 Å². The molecule has 0 radical (unpaired) electrons. The summed E-state index contributed by atoms with van der Waals surface area (Å²) in [6, 6.07) is 10.8. The van der Waals surface area contributed by atoms with Crippen molar-refractivity contribution >= 4 is 5.91 Å². The molecule has 1 unspecified atom stereocenters. The molecule has 1 aromatic rings. The number of nitrogens with zero attached hydrogens (tertiary/aromatic N) is 1. The molecule has 0 bridgehead atoms. The first-order valence-electron chi connectivity index (χ1n) is 8.53. The topological polar surface area (TPSA) is 58.4 Å². The predicted molar refractivity (Wildman–Crippen MR) is 88.2 cm³/mol. The molecule has 3 N–H and O–H groups in total. The summed E-state index contributed by atoms with van der Waals surface area (Å²) in [7, 11) is 0. The molecular formula is C18H27N3O. The van der Waals surface area contributed by atoms with Crippen LogP contribution in [0.25, 0.3) is 0 Å². The van der Waals surface area contributed by atoms with Gasteiger partial charge in [-0.2, -0.15) is 0 Å². The number of likely N-dealkylation sites (tertiary alicyclic amines) is 1. The lowest BCUT2D eigenvalue weighted by Gasteiger charge is -2.21. The predicted octanol–water partition coefficient (Wildman–Crippen LogP) is 1.75. The molecule has 1 aliphatic carbocycles. The highest BCUT2D eigenvalue weighted by atomic mass is 16.2. The first-order chi connectivity index (χ1) is 10.8. The van der Waals surface area contributed by atoms with Gasteiger partial charge in [-0.15, -0.1) is 0 Å². The maximum Gasteiger partial charge on any atom is 0.223 e. The Bertz CT molecular complexity index is 490. The van der Waals surface area contributed by atoms with Crippen LogP contribution in [0.1, 0.15) is 31.2 Å². The van der Waals surface area contributed by atoms with Crippen LogP contribution in [0.4, 0.5) is 0 Å². The van der Waals surface area contributed by atoms with E-state index < -0.39 is 0 Å². The van der Waals surface area contributed by atoms with Gasteiger partial charge in [-0.3, -0.25) is 9.69 Å². The second-order valence-electron chi connectivity index (χ2n) is 6.75. The van der Waals surface area contributed by atoms with Gasteiger partial charge in [0, 0.05) is 31.6 Å². The van der Waals surface area contributed by atoms with Crippen molar-refractivity contribution in [3.8, 4) is 0 Å². The van der Waals surface area contributed by atoms with E-state index in [4.69, 9.17) is 5.73 Å². The largest absolute Gasteiger partial charge is 0.352 e. The molecule has 0 aromatic heterocycles. The third kappa shape index (κ3) is 3.68. The zero-order valence-corrected chi connectivity index (χ0v) is 13.2. The Morgan fingerprint density at radius 3 is 2.82 bits per heavy atom. The monoisotopic (exact) mass is 301 g/mol. The fourth-order valence-corrected chi connectivity index (χ4v) is 3.91. The van der Waals surface area contributed by atoms with Crippen molar-refractivity contribution in [2.45, 2.75) is 38.3 Å². The number of hydrogen-bond donors (Lipinski definition) is 2. The highest BCUT2D eigenvalue weighted by molar-refractivity contribution is 5.79. The van der Waals surface area contributed by atoms with Crippen molar-refractivity contribution in [1.82, 2.24) is 10.2 Å². The van der Waals surface area contributed by atoms with Gasteiger partial charge in [0.25, 0.3) is 0 Å². The zero-order valence-electron chi connectivity index (χ0n) is 13.2. The van der Waals surface area contributed by atoms with Crippen molar-refractivity contribution in [1.29, 1.82) is 0 Å². The number of carbonyl (C=O) groups excluding carboxylic acids is 1. The Balaban J connectivity index is 1.47. The average molecular weight is 301 g/mol. The minimum Gasteiger partial charge on any atom is -0.352 e. The van der Waals surface area contributed by atoms with Crippen LogP contribution in [-0.2, 0) is 11.3 Å². The molecule has 4 heteroatoms. The fraction of sp³-hybridized carbons (Fsp3) is 0.611. The third-order valence-corrected chi connectivity index (χ3v) is 5.17. The molecular weight excluding hydrogens is 274 g/mol. The molecule has 1 heterocycles. The number of benzene rings is 1. The Labute approximate surface area is 133 Å². The minimum absolute atomic E-state index is 0.146. The lowest BCUT2D eigenvalue weighted by Crippen LogP contribution is -2.42. The number of nitrogens with one attached hydrogen (secondary N) is 1. The second-order valence-corrected chi connectivity index (χ2v) is 6.75. The summed E-state index contributed by atoms with van der Waals surface area (Å²) in [6.07, 6.45) is 4.32. The van der Waals surface area contributed by atoms with Crippen LogP contribution in [0.15, 0.2) is 30.3 Å². The van der Waals surface area contributed by atoms with Crippen molar-refractivity contribution in [3.05, 3.63) is 35.9 Å². The van der Waals surface area contributed by atoms with Crippen LogP contribution in [0, 0.1) is 11.8 Å². The Hall–Kier alpha value is -1.39. The minimum atomic E-state index is 0.146. The van der Waals surface area contributed by atoms with Gasteiger partial charge in [-0.1, -0.05) is 36.8 Å². The quantitative estimate of drug-likeness (QED) is 0.871. The molecule has 1 amide bonds. The second kappa shape index (κ2) is 7.25. The molecule has 1 saturated carbocycles. The van der Waals surface area contributed by atoms with Gasteiger partial charge < -0.3 is 11.1 Å². The van der Waals surface area contributed by atoms with E-state index in [1.165, 1.54) is 5.56 Å². The first-order valence-corrected chi connectivity index (χ1v) is 8.53. The van der Waals surface area contributed by atoms with Crippen molar-refractivity contribution in [3.63, 3.8) is 0 Å². The van der Waals surface area contributed by atoms with Crippen molar-refractivity contribution < 1.29 is 4.79 Å². The maximum absolute atomic E-state index is 12.5. The summed E-state index contributed by atoms with van der Waals surface area (Å²) in [5.41, 5.74) is 7.13. The van der Waals surface area contributed by atoms with E-state index in [1.54, 1.807) is 0 Å². The van der Waals surface area contributed by atoms with Gasteiger partial charge in [0.15, 0.2) is 0 Å². The van der Waals surface area contributed by atoms with Crippen LogP contribution in [0.3, 0.4) is 0 Å². The van der Waals surface area contributed by atoms with Gasteiger partial charge in [0.05, 0.1) is 0 Å². The van der Waals surface area contributed by atoms with Crippen LogP contribution >= 0.6 is 0 Å². The number of amides is 1. The highest BCUT2D eigenvalue weighted by Crippen LogP contribution is 2.31. The van der Waals surface area contributed by atoms with Gasteiger partial charge >= 0.3 is 0 Å². The Morgan fingerprint density at radius 2 is 2.05 bits per heavy atom. The summed E-state index contributed by atoms with van der Waals surface area (Å²) in [5, 5.41) is 3.26. The fourth-order valence-electron chi connectivity index (χ4n) is 3.91. The molecule has 3 atom stereocenters. The summed E-state index contributed by atoms with van der Waals surface area (Å²) < 4.78 is 0. The molecule has 2 aliphatic rings.